The summed E-state index contributed by atoms with van der Waals surface area (Å²) in [4.78, 5) is 16.9. The Bertz CT molecular complexity index is 972. The number of aromatic nitrogens is 1. The molecule has 0 aliphatic carbocycles. The van der Waals surface area contributed by atoms with E-state index in [1.807, 2.05) is 48.7 Å². The van der Waals surface area contributed by atoms with Gasteiger partial charge >= 0.3 is 0 Å². The van der Waals surface area contributed by atoms with Crippen LogP contribution < -0.4 is 14.8 Å². The van der Waals surface area contributed by atoms with Gasteiger partial charge in [0, 0.05) is 21.1 Å². The van der Waals surface area contributed by atoms with Crippen molar-refractivity contribution in [2.45, 2.75) is 13.3 Å². The van der Waals surface area contributed by atoms with Gasteiger partial charge in [0.25, 0.3) is 0 Å². The van der Waals surface area contributed by atoms with Crippen molar-refractivity contribution in [3.63, 3.8) is 0 Å². The van der Waals surface area contributed by atoms with Crippen LogP contribution in [0.25, 0.3) is 10.6 Å². The van der Waals surface area contributed by atoms with E-state index in [0.29, 0.717) is 11.5 Å². The number of nitrogens with zero attached hydrogens (tertiary/aromatic N) is 1. The van der Waals surface area contributed by atoms with Gasteiger partial charge in [0.05, 0.1) is 26.3 Å². The minimum atomic E-state index is -0.0964. The Morgan fingerprint density at radius 2 is 1.93 bits per heavy atom. The Balaban J connectivity index is 1.70. The number of benzene rings is 2. The molecule has 0 aliphatic heterocycles. The first-order chi connectivity index (χ1) is 13.0. The third-order valence-electron chi connectivity index (χ3n) is 3.97. The zero-order valence-corrected chi connectivity index (χ0v) is 17.6. The van der Waals surface area contributed by atoms with E-state index < -0.39 is 0 Å². The van der Waals surface area contributed by atoms with E-state index in [2.05, 4.69) is 26.2 Å². The van der Waals surface area contributed by atoms with Gasteiger partial charge in [-0.1, -0.05) is 15.9 Å². The molecule has 3 aromatic rings. The van der Waals surface area contributed by atoms with Gasteiger partial charge in [0.15, 0.2) is 11.5 Å². The monoisotopic (exact) mass is 446 g/mol. The van der Waals surface area contributed by atoms with E-state index in [1.54, 1.807) is 14.2 Å². The molecule has 3 rings (SSSR count). The summed E-state index contributed by atoms with van der Waals surface area (Å²) in [5, 5.41) is 5.64. The SMILES string of the molecule is COc1ccc(-c2nc(CC(=O)Nc3ccc(Br)c(C)c3)cs2)cc1OC. The second-order valence-corrected chi connectivity index (χ2v) is 7.62. The molecule has 0 saturated carbocycles. The van der Waals surface area contributed by atoms with Gasteiger partial charge in [-0.05, 0) is 48.9 Å². The van der Waals surface area contributed by atoms with E-state index >= 15 is 0 Å². The van der Waals surface area contributed by atoms with Crippen LogP contribution in [0.1, 0.15) is 11.3 Å². The first-order valence-electron chi connectivity index (χ1n) is 8.23. The average Bonchev–Trinajstić information content (AvgIpc) is 3.12. The maximum Gasteiger partial charge on any atom is 0.230 e. The fourth-order valence-corrected chi connectivity index (χ4v) is 3.65. The lowest BCUT2D eigenvalue weighted by Gasteiger charge is -2.08. The third kappa shape index (κ3) is 4.67. The summed E-state index contributed by atoms with van der Waals surface area (Å²) in [7, 11) is 3.20. The van der Waals surface area contributed by atoms with Crippen LogP contribution in [-0.2, 0) is 11.2 Å². The third-order valence-corrected chi connectivity index (χ3v) is 5.80. The standard InChI is InChI=1S/C20H19BrN2O3S/c1-12-8-14(5-6-16(12)21)22-19(24)10-15-11-27-20(23-15)13-4-7-17(25-2)18(9-13)26-3/h4-9,11H,10H2,1-3H3,(H,22,24). The van der Waals surface area contributed by atoms with Crippen molar-refractivity contribution in [2.75, 3.05) is 19.5 Å². The normalized spacial score (nSPS) is 10.5. The van der Waals surface area contributed by atoms with Gasteiger partial charge in [-0.15, -0.1) is 11.3 Å². The largest absolute Gasteiger partial charge is 0.493 e. The second kappa shape index (κ2) is 8.54. The molecule has 140 valence electrons. The highest BCUT2D eigenvalue weighted by molar-refractivity contribution is 9.10. The summed E-state index contributed by atoms with van der Waals surface area (Å²) in [5.74, 6) is 1.22. The Hall–Kier alpha value is -2.38. The highest BCUT2D eigenvalue weighted by Crippen LogP contribution is 2.33. The van der Waals surface area contributed by atoms with Crippen LogP contribution in [0.4, 0.5) is 5.69 Å². The molecule has 0 aliphatic rings. The van der Waals surface area contributed by atoms with E-state index in [0.717, 1.165) is 32.0 Å². The van der Waals surface area contributed by atoms with Crippen molar-refractivity contribution < 1.29 is 14.3 Å². The molecule has 1 amide bonds. The van der Waals surface area contributed by atoms with Crippen LogP contribution in [0.3, 0.4) is 0 Å². The number of anilines is 1. The van der Waals surface area contributed by atoms with Gasteiger partial charge < -0.3 is 14.8 Å². The maximum atomic E-state index is 12.3. The number of ether oxygens (including phenoxy) is 2. The summed E-state index contributed by atoms with van der Waals surface area (Å²) in [6, 6.07) is 11.4. The van der Waals surface area contributed by atoms with Crippen molar-refractivity contribution in [3.05, 3.63) is 57.5 Å². The van der Waals surface area contributed by atoms with Gasteiger partial charge in [0.1, 0.15) is 5.01 Å². The number of carbonyl (C=O) groups excluding carboxylic acids is 1. The fraction of sp³-hybridized carbons (Fsp3) is 0.200. The Morgan fingerprint density at radius 3 is 2.63 bits per heavy atom. The lowest BCUT2D eigenvalue weighted by molar-refractivity contribution is -0.115. The summed E-state index contributed by atoms with van der Waals surface area (Å²) in [6.07, 6.45) is 0.221. The molecule has 5 nitrogen and oxygen atoms in total. The molecular weight excluding hydrogens is 428 g/mol. The summed E-state index contributed by atoms with van der Waals surface area (Å²) < 4.78 is 11.6. The topological polar surface area (TPSA) is 60.5 Å². The zero-order chi connectivity index (χ0) is 19.4. The molecule has 0 bridgehead atoms. The second-order valence-electron chi connectivity index (χ2n) is 5.90. The zero-order valence-electron chi connectivity index (χ0n) is 15.2. The summed E-state index contributed by atoms with van der Waals surface area (Å²) >= 11 is 4.95. The summed E-state index contributed by atoms with van der Waals surface area (Å²) in [5.41, 5.74) is 3.50. The van der Waals surface area contributed by atoms with Crippen molar-refractivity contribution in [1.82, 2.24) is 4.98 Å². The number of carbonyl (C=O) groups is 1. The number of nitrogens with one attached hydrogen (secondary N) is 1. The number of rotatable bonds is 6. The number of methoxy groups -OCH3 is 2. The average molecular weight is 447 g/mol. The first-order valence-corrected chi connectivity index (χ1v) is 9.90. The van der Waals surface area contributed by atoms with Crippen LogP contribution in [0, 0.1) is 6.92 Å². The van der Waals surface area contributed by atoms with Gasteiger partial charge in [0.2, 0.25) is 5.91 Å². The first kappa shape index (κ1) is 19.4. The summed E-state index contributed by atoms with van der Waals surface area (Å²) in [6.45, 7) is 1.98. The minimum absolute atomic E-state index is 0.0964. The quantitative estimate of drug-likeness (QED) is 0.573. The molecule has 0 radical (unpaired) electrons. The molecule has 0 fully saturated rings. The molecule has 0 saturated heterocycles. The van der Waals surface area contributed by atoms with E-state index in [4.69, 9.17) is 9.47 Å². The van der Waals surface area contributed by atoms with Crippen molar-refractivity contribution in [3.8, 4) is 22.1 Å². The fourth-order valence-electron chi connectivity index (χ4n) is 2.58. The molecule has 2 aromatic carbocycles. The van der Waals surface area contributed by atoms with E-state index in [-0.39, 0.29) is 12.3 Å². The number of amides is 1. The molecule has 0 atom stereocenters. The molecule has 0 unspecified atom stereocenters. The van der Waals surface area contributed by atoms with Crippen LogP contribution in [0.5, 0.6) is 11.5 Å². The smallest absolute Gasteiger partial charge is 0.230 e. The number of hydrogen-bond donors (Lipinski definition) is 1. The van der Waals surface area contributed by atoms with Gasteiger partial charge in [-0.2, -0.15) is 0 Å². The predicted octanol–water partition coefficient (Wildman–Crippen LogP) is 5.08. The van der Waals surface area contributed by atoms with Crippen LogP contribution in [0.2, 0.25) is 0 Å². The van der Waals surface area contributed by atoms with Crippen LogP contribution >= 0.6 is 27.3 Å². The molecule has 27 heavy (non-hydrogen) atoms. The molecule has 1 heterocycles. The lowest BCUT2D eigenvalue weighted by Crippen LogP contribution is -2.14. The van der Waals surface area contributed by atoms with E-state index in [9.17, 15) is 4.79 Å². The van der Waals surface area contributed by atoms with Gasteiger partial charge in [-0.25, -0.2) is 4.98 Å². The maximum absolute atomic E-state index is 12.3. The van der Waals surface area contributed by atoms with Crippen LogP contribution in [0.15, 0.2) is 46.3 Å². The molecule has 1 aromatic heterocycles. The Labute approximate surface area is 170 Å². The minimum Gasteiger partial charge on any atom is -0.493 e. The highest BCUT2D eigenvalue weighted by Gasteiger charge is 2.12. The van der Waals surface area contributed by atoms with Crippen molar-refractivity contribution >= 4 is 38.9 Å². The van der Waals surface area contributed by atoms with Crippen molar-refractivity contribution in [1.29, 1.82) is 0 Å². The molecule has 0 spiro atoms. The van der Waals surface area contributed by atoms with Crippen molar-refractivity contribution in [2.24, 2.45) is 0 Å². The molecular formula is C20H19BrN2O3S. The number of thiazole rings is 1. The Kier molecular flexibility index (Phi) is 6.13. The van der Waals surface area contributed by atoms with E-state index in [1.165, 1.54) is 11.3 Å². The van der Waals surface area contributed by atoms with Crippen LogP contribution in [-0.4, -0.2) is 25.1 Å². The number of aryl methyl sites for hydroxylation is 1. The predicted molar refractivity (Wildman–Crippen MR) is 112 cm³/mol. The highest BCUT2D eigenvalue weighted by atomic mass is 79.9. The Morgan fingerprint density at radius 1 is 1.15 bits per heavy atom. The molecule has 1 N–H and O–H groups in total. The van der Waals surface area contributed by atoms with Gasteiger partial charge in [-0.3, -0.25) is 4.79 Å². The molecule has 7 heteroatoms. The number of hydrogen-bond acceptors (Lipinski definition) is 5. The lowest BCUT2D eigenvalue weighted by atomic mass is 10.2. The number of halogens is 1.